The van der Waals surface area contributed by atoms with Gasteiger partial charge in [0, 0.05) is 11.5 Å². The summed E-state index contributed by atoms with van der Waals surface area (Å²) in [5.74, 6) is 0.469. The fourth-order valence-corrected chi connectivity index (χ4v) is 2.00. The first-order chi connectivity index (χ1) is 8.32. The van der Waals surface area contributed by atoms with Crippen LogP contribution in [0.15, 0.2) is 4.99 Å². The average Bonchev–Trinajstić information content (AvgIpc) is 2.74. The molecule has 0 amide bonds. The summed E-state index contributed by atoms with van der Waals surface area (Å²) in [4.78, 5) is 4.27. The van der Waals surface area contributed by atoms with Crippen LogP contribution in [0.5, 0.6) is 0 Å². The van der Waals surface area contributed by atoms with Crippen molar-refractivity contribution in [2.75, 3.05) is 0 Å². The summed E-state index contributed by atoms with van der Waals surface area (Å²) >= 11 is 1.59. The van der Waals surface area contributed by atoms with Gasteiger partial charge < -0.3 is 11.1 Å². The Hall–Kier alpha value is -1.17. The first kappa shape index (κ1) is 14.9. The first-order valence-corrected chi connectivity index (χ1v) is 7.04. The van der Waals surface area contributed by atoms with E-state index in [4.69, 9.17) is 5.73 Å². The van der Waals surface area contributed by atoms with E-state index in [1.807, 2.05) is 0 Å². The Kier molecular flexibility index (Phi) is 5.07. The van der Waals surface area contributed by atoms with Gasteiger partial charge in [-0.15, -0.1) is 10.2 Å². The number of rotatable bonds is 4. The van der Waals surface area contributed by atoms with Gasteiger partial charge in [0.15, 0.2) is 5.96 Å². The predicted molar refractivity (Wildman–Crippen MR) is 76.8 cm³/mol. The first-order valence-electron chi connectivity index (χ1n) is 6.22. The van der Waals surface area contributed by atoms with Crippen LogP contribution in [-0.4, -0.2) is 22.2 Å². The highest BCUT2D eigenvalue weighted by Gasteiger charge is 2.19. The van der Waals surface area contributed by atoms with Gasteiger partial charge in [0.25, 0.3) is 0 Å². The maximum atomic E-state index is 5.79. The lowest BCUT2D eigenvalue weighted by Crippen LogP contribution is -2.38. The third-order valence-electron chi connectivity index (χ3n) is 2.50. The Balaban J connectivity index is 2.58. The summed E-state index contributed by atoms with van der Waals surface area (Å²) in [6, 6.07) is 0.341. The summed E-state index contributed by atoms with van der Waals surface area (Å²) in [5, 5.41) is 13.4. The van der Waals surface area contributed by atoms with E-state index in [2.05, 4.69) is 55.1 Å². The molecule has 1 atom stereocenters. The minimum atomic E-state index is 0.0418. The maximum absolute atomic E-state index is 5.79. The molecule has 0 aliphatic carbocycles. The van der Waals surface area contributed by atoms with Crippen molar-refractivity contribution in [3.63, 3.8) is 0 Å². The molecule has 0 aliphatic heterocycles. The van der Waals surface area contributed by atoms with Crippen LogP contribution in [0.3, 0.4) is 0 Å². The molecule has 3 N–H and O–H groups in total. The molecule has 1 aromatic rings. The van der Waals surface area contributed by atoms with Gasteiger partial charge in [-0.1, -0.05) is 39.0 Å². The molecule has 102 valence electrons. The van der Waals surface area contributed by atoms with E-state index < -0.39 is 0 Å². The third kappa shape index (κ3) is 4.60. The number of guanidine groups is 1. The van der Waals surface area contributed by atoms with Crippen LogP contribution >= 0.6 is 11.3 Å². The van der Waals surface area contributed by atoms with Gasteiger partial charge in [-0.2, -0.15) is 0 Å². The molecule has 0 spiro atoms. The quantitative estimate of drug-likeness (QED) is 0.648. The van der Waals surface area contributed by atoms with Gasteiger partial charge in [-0.3, -0.25) is 0 Å². The number of nitrogens with zero attached hydrogens (tertiary/aromatic N) is 3. The number of nitrogens with two attached hydrogens (primary N) is 1. The van der Waals surface area contributed by atoms with E-state index >= 15 is 0 Å². The van der Waals surface area contributed by atoms with Crippen molar-refractivity contribution in [1.82, 2.24) is 15.5 Å². The standard InChI is InChI=1S/C12H23N5S/c1-6-8(2)15-11(13)14-7-9-16-17-10(18-9)12(3,4)5/h8H,6-7H2,1-5H3,(H3,13,14,15). The molecule has 6 heteroatoms. The van der Waals surface area contributed by atoms with Crippen molar-refractivity contribution < 1.29 is 0 Å². The molecule has 0 aliphatic rings. The van der Waals surface area contributed by atoms with Crippen LogP contribution in [0.25, 0.3) is 0 Å². The van der Waals surface area contributed by atoms with Crippen molar-refractivity contribution in [3.8, 4) is 0 Å². The van der Waals surface area contributed by atoms with E-state index in [1.54, 1.807) is 11.3 Å². The maximum Gasteiger partial charge on any atom is 0.189 e. The van der Waals surface area contributed by atoms with Crippen LogP contribution in [0.4, 0.5) is 0 Å². The largest absolute Gasteiger partial charge is 0.370 e. The molecule has 1 rings (SSSR count). The Bertz CT molecular complexity index is 405. The fourth-order valence-electron chi connectivity index (χ4n) is 1.17. The topological polar surface area (TPSA) is 76.2 Å². The van der Waals surface area contributed by atoms with Crippen LogP contribution in [0.1, 0.15) is 51.1 Å². The van der Waals surface area contributed by atoms with Gasteiger partial charge in [-0.05, 0) is 13.3 Å². The van der Waals surface area contributed by atoms with Crippen molar-refractivity contribution in [1.29, 1.82) is 0 Å². The molecule has 1 unspecified atom stereocenters. The third-order valence-corrected chi connectivity index (χ3v) is 3.83. The number of hydrogen-bond donors (Lipinski definition) is 2. The van der Waals surface area contributed by atoms with Gasteiger partial charge in [-0.25, -0.2) is 4.99 Å². The number of aromatic nitrogens is 2. The molecule has 0 fully saturated rings. The Morgan fingerprint density at radius 3 is 2.61 bits per heavy atom. The minimum Gasteiger partial charge on any atom is -0.370 e. The van der Waals surface area contributed by atoms with Crippen LogP contribution in [0, 0.1) is 0 Å². The highest BCUT2D eigenvalue weighted by atomic mass is 32.1. The van der Waals surface area contributed by atoms with Gasteiger partial charge in [0.2, 0.25) is 0 Å². The molecule has 18 heavy (non-hydrogen) atoms. The summed E-state index contributed by atoms with van der Waals surface area (Å²) in [7, 11) is 0. The van der Waals surface area contributed by atoms with E-state index in [-0.39, 0.29) is 5.41 Å². The SMILES string of the molecule is CCC(C)NC(N)=NCc1nnc(C(C)(C)C)s1. The molecular formula is C12H23N5S. The Labute approximate surface area is 113 Å². The van der Waals surface area contributed by atoms with Crippen LogP contribution in [-0.2, 0) is 12.0 Å². The highest BCUT2D eigenvalue weighted by Crippen LogP contribution is 2.25. The number of hydrogen-bond acceptors (Lipinski definition) is 4. The zero-order valence-electron chi connectivity index (χ0n) is 11.8. The summed E-state index contributed by atoms with van der Waals surface area (Å²) in [6.45, 7) is 11.0. The molecular weight excluding hydrogens is 246 g/mol. The molecule has 1 heterocycles. The lowest BCUT2D eigenvalue weighted by atomic mass is 9.98. The molecule has 0 bridgehead atoms. The zero-order valence-corrected chi connectivity index (χ0v) is 12.6. The lowest BCUT2D eigenvalue weighted by Gasteiger charge is -2.12. The Morgan fingerprint density at radius 1 is 1.44 bits per heavy atom. The van der Waals surface area contributed by atoms with E-state index in [0.717, 1.165) is 16.4 Å². The highest BCUT2D eigenvalue weighted by molar-refractivity contribution is 7.11. The molecule has 1 aromatic heterocycles. The molecule has 0 saturated carbocycles. The lowest BCUT2D eigenvalue weighted by molar-refractivity contribution is 0.577. The summed E-state index contributed by atoms with van der Waals surface area (Å²) < 4.78 is 0. The second kappa shape index (κ2) is 6.13. The van der Waals surface area contributed by atoms with Crippen LogP contribution in [0.2, 0.25) is 0 Å². The number of nitrogens with one attached hydrogen (secondary N) is 1. The molecule has 0 saturated heterocycles. The zero-order chi connectivity index (χ0) is 13.8. The average molecular weight is 269 g/mol. The summed E-state index contributed by atoms with van der Waals surface area (Å²) in [6.07, 6.45) is 1.02. The minimum absolute atomic E-state index is 0.0418. The second-order valence-electron chi connectivity index (χ2n) is 5.41. The van der Waals surface area contributed by atoms with E-state index in [9.17, 15) is 0 Å². The molecule has 5 nitrogen and oxygen atoms in total. The molecule has 0 radical (unpaired) electrons. The number of aliphatic imine (C=N–C) groups is 1. The van der Waals surface area contributed by atoms with Crippen molar-refractivity contribution in [2.45, 2.75) is 59.0 Å². The monoisotopic (exact) mass is 269 g/mol. The predicted octanol–water partition coefficient (Wildman–Crippen LogP) is 2.04. The van der Waals surface area contributed by atoms with Crippen molar-refractivity contribution in [3.05, 3.63) is 10.0 Å². The van der Waals surface area contributed by atoms with Crippen molar-refractivity contribution in [2.24, 2.45) is 10.7 Å². The smallest absolute Gasteiger partial charge is 0.189 e. The normalized spacial score (nSPS) is 14.6. The van der Waals surface area contributed by atoms with Crippen LogP contribution < -0.4 is 11.1 Å². The second-order valence-corrected chi connectivity index (χ2v) is 6.47. The molecule has 0 aromatic carbocycles. The van der Waals surface area contributed by atoms with Gasteiger partial charge in [0.1, 0.15) is 10.0 Å². The van der Waals surface area contributed by atoms with E-state index in [1.165, 1.54) is 0 Å². The summed E-state index contributed by atoms with van der Waals surface area (Å²) in [5.41, 5.74) is 5.83. The van der Waals surface area contributed by atoms with Gasteiger partial charge in [0.05, 0.1) is 6.54 Å². The van der Waals surface area contributed by atoms with Crippen molar-refractivity contribution >= 4 is 17.3 Å². The van der Waals surface area contributed by atoms with E-state index in [0.29, 0.717) is 18.5 Å². The van der Waals surface area contributed by atoms with Gasteiger partial charge >= 0.3 is 0 Å². The fraction of sp³-hybridized carbons (Fsp3) is 0.750. The Morgan fingerprint density at radius 2 is 2.11 bits per heavy atom.